The van der Waals surface area contributed by atoms with Crippen molar-refractivity contribution in [1.82, 2.24) is 0 Å². The second kappa shape index (κ2) is 10.7. The fourth-order valence-electron chi connectivity index (χ4n) is 6.96. The number of ketones is 1. The number of ether oxygens (including phenoxy) is 1. The molecule has 3 atom stereocenters. The predicted octanol–water partition coefficient (Wildman–Crippen LogP) is 4.87. The fourth-order valence-corrected chi connectivity index (χ4v) is 6.96. The zero-order valence-corrected chi connectivity index (χ0v) is 26.1. The number of aliphatic hydroxyl groups is 1. The zero-order chi connectivity index (χ0) is 32.5. The van der Waals surface area contributed by atoms with E-state index >= 15 is 0 Å². The first-order valence-corrected chi connectivity index (χ1v) is 15.0. The maximum Gasteiger partial charge on any atom is 0.351 e. The molecule has 10 heteroatoms. The van der Waals surface area contributed by atoms with Gasteiger partial charge in [-0.1, -0.05) is 26.5 Å². The van der Waals surface area contributed by atoms with Crippen molar-refractivity contribution in [3.8, 4) is 0 Å². The van der Waals surface area contributed by atoms with Crippen LogP contribution in [0.25, 0.3) is 0 Å². The average Bonchev–Trinajstić information content (AvgIpc) is 3.72. The summed E-state index contributed by atoms with van der Waals surface area (Å²) in [6.45, 7) is 13.7. The fraction of sp³-hybridized carbons (Fsp3) is 0.343. The van der Waals surface area contributed by atoms with Gasteiger partial charge < -0.3 is 14.9 Å². The van der Waals surface area contributed by atoms with Crippen LogP contribution in [-0.4, -0.2) is 63.5 Å². The second-order valence-electron chi connectivity index (χ2n) is 11.9. The van der Waals surface area contributed by atoms with Gasteiger partial charge in [-0.25, -0.2) is 19.8 Å². The number of rotatable bonds is 6. The molecule has 1 aliphatic carbocycles. The number of esters is 1. The monoisotopic (exact) mass is 606 g/mol. The van der Waals surface area contributed by atoms with Gasteiger partial charge in [-0.15, -0.1) is 0 Å². The molecule has 0 spiro atoms. The van der Waals surface area contributed by atoms with E-state index in [0.29, 0.717) is 40.5 Å². The maximum atomic E-state index is 14.0. The molecule has 3 unspecified atom stereocenters. The highest BCUT2D eigenvalue weighted by molar-refractivity contribution is 6.46. The Labute approximate surface area is 260 Å². The Kier molecular flexibility index (Phi) is 7.16. The van der Waals surface area contributed by atoms with Crippen LogP contribution in [0, 0.1) is 11.8 Å². The SMILES string of the molecule is C=CC1=C(C)C2=CC3=NC(=C4C5=NC(=CC6=NC(=CC1=N2)C(C)=C6CC)C(C)=C5C(=O)C4(O)C(=O)OC)C(CCC(=O)O)C3C. The minimum absolute atomic E-state index is 0.0640. The molecule has 45 heavy (non-hydrogen) atoms. The summed E-state index contributed by atoms with van der Waals surface area (Å²) in [5, 5.41) is 21.5. The lowest BCUT2D eigenvalue weighted by atomic mass is 9.82. The first-order valence-electron chi connectivity index (χ1n) is 15.0. The zero-order valence-electron chi connectivity index (χ0n) is 26.1. The van der Waals surface area contributed by atoms with Crippen molar-refractivity contribution in [3.63, 3.8) is 0 Å². The number of fused-ring (bicyclic) bond motifs is 4. The second-order valence-corrected chi connectivity index (χ2v) is 11.9. The number of aliphatic imine (C=N–C) groups is 4. The third-order valence-electron chi connectivity index (χ3n) is 9.54. The van der Waals surface area contributed by atoms with Crippen molar-refractivity contribution >= 4 is 40.6 Å². The lowest BCUT2D eigenvalue weighted by molar-refractivity contribution is -0.161. The summed E-state index contributed by atoms with van der Waals surface area (Å²) in [5.41, 5.74) is 5.85. The molecule has 0 saturated heterocycles. The van der Waals surface area contributed by atoms with Gasteiger partial charge in [-0.2, -0.15) is 0 Å². The number of Topliss-reactive ketones (excluding diaryl/α,β-unsaturated/α-hetero) is 1. The van der Waals surface area contributed by atoms with Crippen LogP contribution in [0.2, 0.25) is 0 Å². The number of aliphatic carboxylic acids is 1. The Morgan fingerprint density at radius 1 is 1.00 bits per heavy atom. The molecule has 0 radical (unpaired) electrons. The molecule has 6 rings (SSSR count). The number of nitrogens with zero attached hydrogens (tertiary/aromatic N) is 4. The first kappa shape index (κ1) is 30.2. The van der Waals surface area contributed by atoms with Crippen LogP contribution in [-0.2, 0) is 19.1 Å². The molecule has 10 nitrogen and oxygen atoms in total. The number of carbonyl (C=O) groups excluding carboxylic acids is 2. The molecule has 1 saturated carbocycles. The van der Waals surface area contributed by atoms with Crippen LogP contribution in [0.4, 0.5) is 0 Å². The van der Waals surface area contributed by atoms with Crippen molar-refractivity contribution in [2.45, 2.75) is 59.5 Å². The van der Waals surface area contributed by atoms with Crippen molar-refractivity contribution in [2.24, 2.45) is 31.8 Å². The van der Waals surface area contributed by atoms with Gasteiger partial charge in [0.15, 0.2) is 0 Å². The molecule has 0 amide bonds. The van der Waals surface area contributed by atoms with Gasteiger partial charge in [0.1, 0.15) is 0 Å². The average molecular weight is 607 g/mol. The molecule has 1 fully saturated rings. The molecular formula is C35H34N4O6. The van der Waals surface area contributed by atoms with Crippen LogP contribution in [0.3, 0.4) is 0 Å². The van der Waals surface area contributed by atoms with Crippen LogP contribution >= 0.6 is 0 Å². The van der Waals surface area contributed by atoms with Gasteiger partial charge in [0, 0.05) is 29.5 Å². The van der Waals surface area contributed by atoms with Gasteiger partial charge in [-0.3, -0.25) is 14.6 Å². The van der Waals surface area contributed by atoms with E-state index in [9.17, 15) is 24.6 Å². The van der Waals surface area contributed by atoms with Gasteiger partial charge >= 0.3 is 11.9 Å². The molecule has 5 heterocycles. The van der Waals surface area contributed by atoms with Crippen LogP contribution in [0.5, 0.6) is 0 Å². The lowest BCUT2D eigenvalue weighted by Crippen LogP contribution is -2.46. The van der Waals surface area contributed by atoms with E-state index in [1.165, 1.54) is 0 Å². The minimum Gasteiger partial charge on any atom is -0.481 e. The molecular weight excluding hydrogens is 572 g/mol. The highest BCUT2D eigenvalue weighted by Gasteiger charge is 2.62. The molecule has 5 aliphatic heterocycles. The maximum absolute atomic E-state index is 14.0. The Balaban J connectivity index is 1.72. The largest absolute Gasteiger partial charge is 0.481 e. The number of carbonyl (C=O) groups is 3. The summed E-state index contributed by atoms with van der Waals surface area (Å²) < 4.78 is 4.97. The van der Waals surface area contributed by atoms with Crippen molar-refractivity contribution in [3.05, 3.63) is 92.7 Å². The standard InChI is InChI=1S/C35H34N4O6/c1-8-19-15(3)22-12-24-17(5)21(10-11-28(40)41)31(38-24)30-32-29(33(42)35(30,44)34(43)45-7)18(6)25(39-32)14-27-20(9-2)16(4)23(37-27)13-26(19)36-22/h8,12-14,17,21,44H,1,9-11H2,2-7H3,(H,40,41). The third-order valence-corrected chi connectivity index (χ3v) is 9.54. The molecule has 0 aromatic carbocycles. The number of hydrogen-bond acceptors (Lipinski definition) is 9. The van der Waals surface area contributed by atoms with Gasteiger partial charge in [0.2, 0.25) is 5.78 Å². The summed E-state index contributed by atoms with van der Waals surface area (Å²) in [6.07, 6.45) is 8.03. The van der Waals surface area contributed by atoms with E-state index in [4.69, 9.17) is 24.7 Å². The third kappa shape index (κ3) is 4.30. The molecule has 2 N–H and O–H groups in total. The summed E-state index contributed by atoms with van der Waals surface area (Å²) >= 11 is 0. The number of allylic oxidation sites excluding steroid dienone is 10. The number of carboxylic acids is 1. The van der Waals surface area contributed by atoms with Crippen molar-refractivity contribution in [1.29, 1.82) is 0 Å². The van der Waals surface area contributed by atoms with E-state index in [-0.39, 0.29) is 41.3 Å². The summed E-state index contributed by atoms with van der Waals surface area (Å²) in [7, 11) is 1.10. The smallest absolute Gasteiger partial charge is 0.351 e. The molecule has 6 aliphatic rings. The molecule has 0 aromatic rings. The first-order chi connectivity index (χ1) is 21.4. The molecule has 0 aromatic heterocycles. The van der Waals surface area contributed by atoms with E-state index in [2.05, 4.69) is 6.58 Å². The number of carboxylic acid groups (broad SMARTS) is 1. The van der Waals surface area contributed by atoms with Crippen LogP contribution in [0.1, 0.15) is 53.9 Å². The number of hydrogen-bond donors (Lipinski definition) is 2. The number of methoxy groups -OCH3 is 1. The van der Waals surface area contributed by atoms with Crippen LogP contribution < -0.4 is 0 Å². The van der Waals surface area contributed by atoms with E-state index in [1.54, 1.807) is 13.0 Å². The summed E-state index contributed by atoms with van der Waals surface area (Å²) in [6, 6.07) is 0. The quantitative estimate of drug-likeness (QED) is 0.325. The van der Waals surface area contributed by atoms with Gasteiger partial charge in [0.05, 0.1) is 58.2 Å². The summed E-state index contributed by atoms with van der Waals surface area (Å²) in [5.74, 6) is -3.89. The Bertz CT molecular complexity index is 1900. The molecule has 230 valence electrons. The van der Waals surface area contributed by atoms with E-state index in [0.717, 1.165) is 35.1 Å². The Morgan fingerprint density at radius 2 is 1.64 bits per heavy atom. The summed E-state index contributed by atoms with van der Waals surface area (Å²) in [4.78, 5) is 58.7. The topological polar surface area (TPSA) is 150 Å². The lowest BCUT2D eigenvalue weighted by Gasteiger charge is -2.24. The minimum atomic E-state index is -2.69. The Morgan fingerprint density at radius 3 is 2.29 bits per heavy atom. The Hall–Kier alpha value is -4.83. The molecule has 8 bridgehead atoms. The van der Waals surface area contributed by atoms with E-state index < -0.39 is 29.2 Å². The highest BCUT2D eigenvalue weighted by Crippen LogP contribution is 2.49. The van der Waals surface area contributed by atoms with E-state index in [1.807, 2.05) is 45.9 Å². The normalized spacial score (nSPS) is 27.0. The van der Waals surface area contributed by atoms with Gasteiger partial charge in [-0.05, 0) is 74.1 Å². The van der Waals surface area contributed by atoms with Crippen molar-refractivity contribution in [2.75, 3.05) is 7.11 Å². The van der Waals surface area contributed by atoms with Crippen LogP contribution in [0.15, 0.2) is 113 Å². The van der Waals surface area contributed by atoms with Crippen molar-refractivity contribution < 1.29 is 29.3 Å². The predicted molar refractivity (Wildman–Crippen MR) is 171 cm³/mol. The highest BCUT2D eigenvalue weighted by atomic mass is 16.5. The van der Waals surface area contributed by atoms with Gasteiger partial charge in [0.25, 0.3) is 5.60 Å².